The van der Waals surface area contributed by atoms with Crippen LogP contribution in [0.1, 0.15) is 50.4 Å². The van der Waals surface area contributed by atoms with Gasteiger partial charge in [0.2, 0.25) is 0 Å². The predicted octanol–water partition coefficient (Wildman–Crippen LogP) is 2.21. The highest BCUT2D eigenvalue weighted by Gasteiger charge is 2.36. The summed E-state index contributed by atoms with van der Waals surface area (Å²) in [5.74, 6) is 3.14. The van der Waals surface area contributed by atoms with E-state index in [0.717, 1.165) is 10.9 Å². The summed E-state index contributed by atoms with van der Waals surface area (Å²) in [7, 11) is 0. The number of thioether (sulfide) groups is 1. The third-order valence-electron chi connectivity index (χ3n) is 3.35. The fourth-order valence-corrected chi connectivity index (χ4v) is 2.97. The highest BCUT2D eigenvalue weighted by molar-refractivity contribution is 7.99. The van der Waals surface area contributed by atoms with Crippen molar-refractivity contribution in [2.45, 2.75) is 49.7 Å². The number of hydrogen-bond donors (Lipinski definition) is 1. The Balaban J connectivity index is 1.74. The van der Waals surface area contributed by atoms with Gasteiger partial charge in [-0.05, 0) is 31.6 Å². The van der Waals surface area contributed by atoms with Gasteiger partial charge < -0.3 is 9.67 Å². The van der Waals surface area contributed by atoms with Gasteiger partial charge in [-0.3, -0.25) is 0 Å². The molecule has 1 aromatic rings. The van der Waals surface area contributed by atoms with Crippen LogP contribution in [0.15, 0.2) is 5.16 Å². The van der Waals surface area contributed by atoms with E-state index in [1.54, 1.807) is 11.8 Å². The third kappa shape index (κ3) is 2.50. The summed E-state index contributed by atoms with van der Waals surface area (Å²) in [5.41, 5.74) is 0. The molecule has 94 valence electrons. The van der Waals surface area contributed by atoms with Crippen molar-refractivity contribution >= 4 is 11.8 Å². The van der Waals surface area contributed by atoms with Gasteiger partial charge in [0.15, 0.2) is 5.16 Å². The number of rotatable bonds is 6. The predicted molar refractivity (Wildman–Crippen MR) is 67.2 cm³/mol. The van der Waals surface area contributed by atoms with Crippen LogP contribution in [-0.4, -0.2) is 32.2 Å². The number of nitrogens with zero attached hydrogens (tertiary/aromatic N) is 3. The van der Waals surface area contributed by atoms with Gasteiger partial charge in [0.25, 0.3) is 0 Å². The van der Waals surface area contributed by atoms with E-state index in [1.165, 1.54) is 31.5 Å². The highest BCUT2D eigenvalue weighted by Crippen LogP contribution is 2.46. The van der Waals surface area contributed by atoms with Crippen LogP contribution >= 0.6 is 11.8 Å². The second kappa shape index (κ2) is 4.61. The molecule has 1 N–H and O–H groups in total. The van der Waals surface area contributed by atoms with Crippen LogP contribution in [0.25, 0.3) is 0 Å². The van der Waals surface area contributed by atoms with E-state index in [-0.39, 0.29) is 6.61 Å². The molecule has 0 aliphatic heterocycles. The van der Waals surface area contributed by atoms with Crippen molar-refractivity contribution in [2.24, 2.45) is 5.92 Å². The van der Waals surface area contributed by atoms with Gasteiger partial charge in [-0.1, -0.05) is 18.7 Å². The van der Waals surface area contributed by atoms with Gasteiger partial charge in [-0.25, -0.2) is 0 Å². The zero-order valence-electron chi connectivity index (χ0n) is 10.2. The minimum absolute atomic E-state index is 0.250. The normalized spacial score (nSPS) is 21.8. The van der Waals surface area contributed by atoms with Crippen molar-refractivity contribution in [3.05, 3.63) is 5.82 Å². The molecule has 1 heterocycles. The highest BCUT2D eigenvalue weighted by atomic mass is 32.2. The molecule has 3 rings (SSSR count). The molecule has 2 saturated carbocycles. The van der Waals surface area contributed by atoms with E-state index in [2.05, 4.69) is 21.7 Å². The van der Waals surface area contributed by atoms with Crippen LogP contribution in [0.4, 0.5) is 0 Å². The average molecular weight is 253 g/mol. The van der Waals surface area contributed by atoms with Crippen LogP contribution in [0.3, 0.4) is 0 Å². The molecule has 2 aliphatic carbocycles. The molecule has 0 amide bonds. The van der Waals surface area contributed by atoms with E-state index < -0.39 is 0 Å². The van der Waals surface area contributed by atoms with Gasteiger partial charge in [0.1, 0.15) is 5.82 Å². The minimum atomic E-state index is 0.250. The van der Waals surface area contributed by atoms with Crippen molar-refractivity contribution in [1.82, 2.24) is 14.8 Å². The van der Waals surface area contributed by atoms with Gasteiger partial charge >= 0.3 is 0 Å². The second-order valence-corrected chi connectivity index (χ2v) is 6.30. The lowest BCUT2D eigenvalue weighted by atomic mass is 10.2. The fraction of sp³-hybridized carbons (Fsp3) is 0.833. The maximum absolute atomic E-state index is 9.05. The first-order chi connectivity index (χ1) is 8.29. The summed E-state index contributed by atoms with van der Waals surface area (Å²) in [6.45, 7) is 2.31. The molecule has 0 radical (unpaired) electrons. The molecule has 0 saturated heterocycles. The van der Waals surface area contributed by atoms with E-state index in [1.807, 2.05) is 0 Å². The van der Waals surface area contributed by atoms with Crippen LogP contribution in [0.5, 0.6) is 0 Å². The molecule has 0 bridgehead atoms. The zero-order valence-corrected chi connectivity index (χ0v) is 11.0. The Morgan fingerprint density at radius 3 is 2.71 bits per heavy atom. The Bertz CT molecular complexity index is 398. The van der Waals surface area contributed by atoms with E-state index >= 15 is 0 Å². The third-order valence-corrected chi connectivity index (χ3v) is 4.63. The molecular weight excluding hydrogens is 234 g/mol. The monoisotopic (exact) mass is 253 g/mol. The summed E-state index contributed by atoms with van der Waals surface area (Å²) < 4.78 is 2.37. The summed E-state index contributed by atoms with van der Waals surface area (Å²) in [5, 5.41) is 18.8. The first kappa shape index (κ1) is 11.5. The Morgan fingerprint density at radius 2 is 2.12 bits per heavy atom. The summed E-state index contributed by atoms with van der Waals surface area (Å²) in [6.07, 6.45) is 5.12. The molecule has 17 heavy (non-hydrogen) atoms. The molecule has 1 atom stereocenters. The number of aliphatic hydroxyl groups excluding tert-OH is 1. The van der Waals surface area contributed by atoms with Crippen molar-refractivity contribution in [1.29, 1.82) is 0 Å². The zero-order chi connectivity index (χ0) is 11.8. The number of aromatic nitrogens is 3. The maximum atomic E-state index is 9.05. The summed E-state index contributed by atoms with van der Waals surface area (Å²) in [4.78, 5) is 0. The Morgan fingerprint density at radius 1 is 1.35 bits per heavy atom. The van der Waals surface area contributed by atoms with E-state index in [0.29, 0.717) is 17.9 Å². The van der Waals surface area contributed by atoms with Gasteiger partial charge in [0, 0.05) is 24.3 Å². The lowest BCUT2D eigenvalue weighted by Crippen LogP contribution is -2.06. The molecule has 1 unspecified atom stereocenters. The lowest BCUT2D eigenvalue weighted by Gasteiger charge is -2.09. The van der Waals surface area contributed by atoms with Crippen molar-refractivity contribution in [3.63, 3.8) is 0 Å². The topological polar surface area (TPSA) is 50.9 Å². The standard InChI is InChI=1S/C12H19N3OS/c1-8(6-16)7-17-12-14-13-11(9-2-3-9)15(12)10-4-5-10/h8-10,16H,2-7H2,1H3. The Hall–Kier alpha value is -0.550. The van der Waals surface area contributed by atoms with Crippen molar-refractivity contribution in [2.75, 3.05) is 12.4 Å². The first-order valence-corrected chi connectivity index (χ1v) is 7.46. The largest absolute Gasteiger partial charge is 0.396 e. The molecular formula is C12H19N3OS. The quantitative estimate of drug-likeness (QED) is 0.790. The molecule has 1 aromatic heterocycles. The Kier molecular flexibility index (Phi) is 3.13. The molecule has 2 fully saturated rings. The second-order valence-electron chi connectivity index (χ2n) is 5.31. The average Bonchev–Trinajstić information content (AvgIpc) is 3.24. The van der Waals surface area contributed by atoms with E-state index in [4.69, 9.17) is 5.11 Å². The van der Waals surface area contributed by atoms with Crippen LogP contribution in [0, 0.1) is 5.92 Å². The van der Waals surface area contributed by atoms with Crippen LogP contribution < -0.4 is 0 Å². The smallest absolute Gasteiger partial charge is 0.191 e. The maximum Gasteiger partial charge on any atom is 0.191 e. The molecule has 5 heteroatoms. The van der Waals surface area contributed by atoms with Gasteiger partial charge in [0.05, 0.1) is 0 Å². The molecule has 2 aliphatic rings. The molecule has 4 nitrogen and oxygen atoms in total. The summed E-state index contributed by atoms with van der Waals surface area (Å²) >= 11 is 1.74. The van der Waals surface area contributed by atoms with Crippen LogP contribution in [-0.2, 0) is 0 Å². The SMILES string of the molecule is CC(CO)CSc1nnc(C2CC2)n1C1CC1. The minimum Gasteiger partial charge on any atom is -0.396 e. The molecule has 0 aromatic carbocycles. The van der Waals surface area contributed by atoms with E-state index in [9.17, 15) is 0 Å². The summed E-state index contributed by atoms with van der Waals surface area (Å²) in [6, 6.07) is 0.660. The fourth-order valence-electron chi connectivity index (χ4n) is 1.95. The van der Waals surface area contributed by atoms with Crippen molar-refractivity contribution < 1.29 is 5.11 Å². The van der Waals surface area contributed by atoms with Crippen molar-refractivity contribution in [3.8, 4) is 0 Å². The Labute approximate surface area is 106 Å². The number of hydrogen-bond acceptors (Lipinski definition) is 4. The number of aliphatic hydroxyl groups is 1. The lowest BCUT2D eigenvalue weighted by molar-refractivity contribution is 0.250. The molecule has 0 spiro atoms. The van der Waals surface area contributed by atoms with Gasteiger partial charge in [-0.2, -0.15) is 0 Å². The first-order valence-electron chi connectivity index (χ1n) is 6.48. The van der Waals surface area contributed by atoms with Gasteiger partial charge in [-0.15, -0.1) is 10.2 Å². The van der Waals surface area contributed by atoms with Crippen LogP contribution in [0.2, 0.25) is 0 Å².